The lowest BCUT2D eigenvalue weighted by atomic mass is 10.1. The fourth-order valence-corrected chi connectivity index (χ4v) is 4.95. The zero-order chi connectivity index (χ0) is 24.8. The summed E-state index contributed by atoms with van der Waals surface area (Å²) >= 11 is 6.01. The van der Waals surface area contributed by atoms with Crippen LogP contribution in [0.2, 0.25) is 5.02 Å². The Morgan fingerprint density at radius 3 is 2.40 bits per heavy atom. The van der Waals surface area contributed by atoms with E-state index >= 15 is 0 Å². The second kappa shape index (κ2) is 10.6. The number of furan rings is 1. The van der Waals surface area contributed by atoms with E-state index in [9.17, 15) is 13.2 Å². The molecule has 0 spiro atoms. The van der Waals surface area contributed by atoms with Gasteiger partial charge in [-0.3, -0.25) is 9.10 Å². The maximum Gasteiger partial charge on any atom is 0.273 e. The molecule has 0 fully saturated rings. The number of hydrogen-bond donors (Lipinski definition) is 1. The van der Waals surface area contributed by atoms with Gasteiger partial charge in [0.15, 0.2) is 0 Å². The largest absolute Gasteiger partial charge is 0.463 e. The molecule has 1 amide bonds. The molecule has 0 aliphatic rings. The van der Waals surface area contributed by atoms with Crippen molar-refractivity contribution >= 4 is 39.4 Å². The molecule has 9 heteroatoms. The number of nitrogens with one attached hydrogen (secondary N) is 1. The molecule has 0 saturated heterocycles. The summed E-state index contributed by atoms with van der Waals surface area (Å²) in [5.74, 6) is -0.103. The van der Waals surface area contributed by atoms with Crippen molar-refractivity contribution in [3.8, 4) is 0 Å². The average molecular weight is 508 g/mol. The molecule has 1 N–H and O–H groups in total. The molecule has 0 aliphatic carbocycles. The number of aryl methyl sites for hydroxylation is 1. The van der Waals surface area contributed by atoms with Crippen LogP contribution in [0.15, 0.2) is 106 Å². The first kappa shape index (κ1) is 24.3. The van der Waals surface area contributed by atoms with Gasteiger partial charge in [-0.05, 0) is 61.0 Å². The Kier molecular flexibility index (Phi) is 7.33. The van der Waals surface area contributed by atoms with Crippen molar-refractivity contribution in [1.29, 1.82) is 0 Å². The van der Waals surface area contributed by atoms with E-state index in [1.54, 1.807) is 84.9 Å². The molecule has 1 heterocycles. The van der Waals surface area contributed by atoms with Crippen LogP contribution in [0, 0.1) is 6.92 Å². The van der Waals surface area contributed by atoms with Gasteiger partial charge >= 0.3 is 0 Å². The molecule has 1 aromatic heterocycles. The Balaban J connectivity index is 1.73. The van der Waals surface area contributed by atoms with Crippen molar-refractivity contribution in [1.82, 2.24) is 5.43 Å². The highest BCUT2D eigenvalue weighted by atomic mass is 35.5. The van der Waals surface area contributed by atoms with E-state index in [1.165, 1.54) is 16.8 Å². The number of nitrogens with zero attached hydrogens (tertiary/aromatic N) is 2. The van der Waals surface area contributed by atoms with Crippen LogP contribution in [0.4, 0.5) is 5.69 Å². The standard InChI is InChI=1S/C26H22ClN3O4S/c1-19-8-14-23(15-9-19)35(32,33)30(18-20-10-12-21(27)13-11-20)25-7-3-2-6-24(25)26(31)29-28-17-22-5-4-16-34-22/h2-17H,18H2,1H3,(H,29,31). The van der Waals surface area contributed by atoms with Gasteiger partial charge in [0, 0.05) is 5.02 Å². The van der Waals surface area contributed by atoms with Crippen LogP contribution in [-0.4, -0.2) is 20.5 Å². The maximum absolute atomic E-state index is 13.8. The molecule has 4 aromatic rings. The molecule has 0 saturated carbocycles. The third kappa shape index (κ3) is 5.79. The average Bonchev–Trinajstić information content (AvgIpc) is 3.37. The van der Waals surface area contributed by atoms with Crippen LogP contribution < -0.4 is 9.73 Å². The summed E-state index contributed by atoms with van der Waals surface area (Å²) < 4.78 is 33.9. The van der Waals surface area contributed by atoms with Gasteiger partial charge in [0.2, 0.25) is 0 Å². The van der Waals surface area contributed by atoms with Gasteiger partial charge < -0.3 is 4.42 Å². The van der Waals surface area contributed by atoms with Crippen molar-refractivity contribution in [2.24, 2.45) is 5.10 Å². The number of para-hydroxylation sites is 1. The molecule has 178 valence electrons. The third-order valence-corrected chi connectivity index (χ3v) is 7.19. The highest BCUT2D eigenvalue weighted by Gasteiger charge is 2.28. The second-order valence-corrected chi connectivity index (χ2v) is 9.98. The fourth-order valence-electron chi connectivity index (χ4n) is 3.36. The van der Waals surface area contributed by atoms with Crippen LogP contribution in [0.3, 0.4) is 0 Å². The lowest BCUT2D eigenvalue weighted by Gasteiger charge is -2.26. The molecule has 35 heavy (non-hydrogen) atoms. The van der Waals surface area contributed by atoms with E-state index in [2.05, 4.69) is 10.5 Å². The first-order valence-corrected chi connectivity index (χ1v) is 12.5. The van der Waals surface area contributed by atoms with Gasteiger partial charge in [-0.1, -0.05) is 53.6 Å². The Labute approximate surface area is 208 Å². The summed E-state index contributed by atoms with van der Waals surface area (Å²) in [4.78, 5) is 13.1. The number of hydrazone groups is 1. The number of benzene rings is 3. The predicted molar refractivity (Wildman–Crippen MR) is 136 cm³/mol. The lowest BCUT2D eigenvalue weighted by Crippen LogP contribution is -2.33. The second-order valence-electron chi connectivity index (χ2n) is 7.68. The SMILES string of the molecule is Cc1ccc(S(=O)(=O)N(Cc2ccc(Cl)cc2)c2ccccc2C(=O)NN=Cc2ccco2)cc1. The van der Waals surface area contributed by atoms with E-state index in [4.69, 9.17) is 16.0 Å². The number of amides is 1. The van der Waals surface area contributed by atoms with E-state index in [0.717, 1.165) is 5.56 Å². The molecule has 4 rings (SSSR count). The van der Waals surface area contributed by atoms with E-state index < -0.39 is 15.9 Å². The van der Waals surface area contributed by atoms with Gasteiger partial charge in [-0.2, -0.15) is 5.10 Å². The lowest BCUT2D eigenvalue weighted by molar-refractivity contribution is 0.0955. The molecule has 7 nitrogen and oxygen atoms in total. The third-order valence-electron chi connectivity index (χ3n) is 5.17. The number of anilines is 1. The molecule has 0 aliphatic heterocycles. The molecule has 0 unspecified atom stereocenters. The Bertz CT molecular complexity index is 1430. The van der Waals surface area contributed by atoms with E-state index in [1.807, 2.05) is 6.92 Å². The number of carbonyl (C=O) groups excluding carboxylic acids is 1. The minimum absolute atomic E-state index is 0.00661. The highest BCUT2D eigenvalue weighted by Crippen LogP contribution is 2.29. The van der Waals surface area contributed by atoms with Crippen LogP contribution in [-0.2, 0) is 16.6 Å². The number of hydrogen-bond acceptors (Lipinski definition) is 5. The number of halogens is 1. The highest BCUT2D eigenvalue weighted by molar-refractivity contribution is 7.92. The van der Waals surface area contributed by atoms with Crippen molar-refractivity contribution < 1.29 is 17.6 Å². The number of sulfonamides is 1. The monoisotopic (exact) mass is 507 g/mol. The number of rotatable bonds is 8. The van der Waals surface area contributed by atoms with Gasteiger partial charge in [0.1, 0.15) is 5.76 Å². The van der Waals surface area contributed by atoms with Gasteiger partial charge in [0.25, 0.3) is 15.9 Å². The van der Waals surface area contributed by atoms with Gasteiger partial charge in [-0.15, -0.1) is 0 Å². The van der Waals surface area contributed by atoms with E-state index in [0.29, 0.717) is 16.3 Å². The molecule has 0 radical (unpaired) electrons. The first-order valence-electron chi connectivity index (χ1n) is 10.6. The van der Waals surface area contributed by atoms with Crippen molar-refractivity contribution in [3.63, 3.8) is 0 Å². The van der Waals surface area contributed by atoms with Gasteiger partial charge in [-0.25, -0.2) is 13.8 Å². The molecule has 3 aromatic carbocycles. The normalized spacial score (nSPS) is 11.5. The molecule has 0 bridgehead atoms. The summed E-state index contributed by atoms with van der Waals surface area (Å²) in [5, 5.41) is 4.45. The van der Waals surface area contributed by atoms with E-state index in [-0.39, 0.29) is 22.7 Å². The van der Waals surface area contributed by atoms with Crippen molar-refractivity contribution in [2.75, 3.05) is 4.31 Å². The van der Waals surface area contributed by atoms with Crippen LogP contribution >= 0.6 is 11.6 Å². The smallest absolute Gasteiger partial charge is 0.273 e. The van der Waals surface area contributed by atoms with Gasteiger partial charge in [0.05, 0.1) is 35.2 Å². The topological polar surface area (TPSA) is 92.0 Å². The Morgan fingerprint density at radius 1 is 1.00 bits per heavy atom. The predicted octanol–water partition coefficient (Wildman–Crippen LogP) is 5.40. The van der Waals surface area contributed by atoms with Crippen molar-refractivity contribution in [3.05, 3.63) is 119 Å². The summed E-state index contributed by atoms with van der Waals surface area (Å²) in [6, 6.07) is 23.3. The summed E-state index contributed by atoms with van der Waals surface area (Å²) in [7, 11) is -4.02. The Hall–Kier alpha value is -3.88. The molecule has 0 atom stereocenters. The quantitative estimate of drug-likeness (QED) is 0.255. The maximum atomic E-state index is 13.8. The minimum atomic E-state index is -4.02. The zero-order valence-corrected chi connectivity index (χ0v) is 20.3. The molecular formula is C26H22ClN3O4S. The first-order chi connectivity index (χ1) is 16.8. The Morgan fingerprint density at radius 2 is 1.71 bits per heavy atom. The minimum Gasteiger partial charge on any atom is -0.463 e. The fraction of sp³-hybridized carbons (Fsp3) is 0.0769. The summed E-state index contributed by atoms with van der Waals surface area (Å²) in [6.07, 6.45) is 2.85. The van der Waals surface area contributed by atoms with Crippen molar-refractivity contribution in [2.45, 2.75) is 18.4 Å². The van der Waals surface area contributed by atoms with Crippen LogP contribution in [0.5, 0.6) is 0 Å². The number of carbonyl (C=O) groups is 1. The molecular weight excluding hydrogens is 486 g/mol. The summed E-state index contributed by atoms with van der Waals surface area (Å²) in [6.45, 7) is 1.87. The van der Waals surface area contributed by atoms with Crippen LogP contribution in [0.25, 0.3) is 0 Å². The zero-order valence-electron chi connectivity index (χ0n) is 18.8. The summed E-state index contributed by atoms with van der Waals surface area (Å²) in [5.41, 5.74) is 4.44. The van der Waals surface area contributed by atoms with Crippen LogP contribution in [0.1, 0.15) is 27.2 Å².